The number of piperidine rings is 4. The molecule has 2 aromatic heterocycles. The molecule has 59 heavy (non-hydrogen) atoms. The number of urea groups is 1. The molecule has 0 saturated carbocycles. The minimum atomic E-state index is -0.986. The van der Waals surface area contributed by atoms with Crippen molar-refractivity contribution in [2.45, 2.75) is 63.5 Å². The van der Waals surface area contributed by atoms with Crippen LogP contribution in [0.5, 0.6) is 0 Å². The Morgan fingerprint density at radius 2 is 1.56 bits per heavy atom. The standard InChI is InChI=1S/C41H48N12O6/c1-48-19-20-52(40(48)59)27-3-2-14-51(24-27)32-23-44-34(35(42)55)36(46-32)45-25-4-8-31(43-22-25)50-17-12-41(13-18-50)10-15-49(16-11-41)26-5-6-28-29(21-26)39(58)53(38(28)57)30-7-9-33(54)47-37(30)56/h4-6,8,21-23,27,30H,2-3,7,9-20,24H2,1H3,(H2,42,55)(H,45,46)(H,47,54,56)/t27-,30?/m0/s1. The summed E-state index contributed by atoms with van der Waals surface area (Å²) in [5.41, 5.74) is 8.04. The summed E-state index contributed by atoms with van der Waals surface area (Å²) in [5.74, 6) is -0.973. The smallest absolute Gasteiger partial charge is 0.320 e. The molecular weight excluding hydrogens is 757 g/mol. The third-order valence-corrected chi connectivity index (χ3v) is 13.2. The second-order valence-electron chi connectivity index (χ2n) is 16.6. The largest absolute Gasteiger partial charge is 0.371 e. The number of hydrogen-bond acceptors (Lipinski definition) is 13. The highest BCUT2D eigenvalue weighted by atomic mass is 16.2. The molecule has 0 bridgehead atoms. The summed E-state index contributed by atoms with van der Waals surface area (Å²) in [4.78, 5) is 101. The van der Waals surface area contributed by atoms with Crippen molar-refractivity contribution in [3.8, 4) is 0 Å². The molecule has 3 aromatic rings. The quantitative estimate of drug-likeness (QED) is 0.280. The van der Waals surface area contributed by atoms with Crippen LogP contribution in [0.15, 0.2) is 42.7 Å². The molecule has 8 heterocycles. The summed E-state index contributed by atoms with van der Waals surface area (Å²) in [6.45, 7) is 6.18. The molecule has 7 amide bonds. The Kier molecular flexibility index (Phi) is 9.79. The van der Waals surface area contributed by atoms with Crippen LogP contribution in [-0.2, 0) is 9.59 Å². The summed E-state index contributed by atoms with van der Waals surface area (Å²) in [5, 5.41) is 5.47. The van der Waals surface area contributed by atoms with Gasteiger partial charge in [-0.25, -0.2) is 19.7 Å². The molecule has 0 aliphatic carbocycles. The van der Waals surface area contributed by atoms with Gasteiger partial charge in [0.15, 0.2) is 11.5 Å². The van der Waals surface area contributed by atoms with Crippen molar-refractivity contribution >= 4 is 64.4 Å². The van der Waals surface area contributed by atoms with E-state index in [0.29, 0.717) is 36.7 Å². The molecule has 5 fully saturated rings. The van der Waals surface area contributed by atoms with Gasteiger partial charge >= 0.3 is 6.03 Å². The van der Waals surface area contributed by atoms with Gasteiger partial charge in [0.05, 0.1) is 35.2 Å². The predicted octanol–water partition coefficient (Wildman–Crippen LogP) is 2.34. The normalized spacial score (nSPS) is 23.3. The Bertz CT molecular complexity index is 2220. The van der Waals surface area contributed by atoms with E-state index in [9.17, 15) is 28.8 Å². The number of nitrogens with zero attached hydrogens (tertiary/aromatic N) is 9. The third kappa shape index (κ3) is 7.13. The molecule has 1 aromatic carbocycles. The highest BCUT2D eigenvalue weighted by Crippen LogP contribution is 2.43. The fraction of sp³-hybridized carbons (Fsp3) is 0.488. The number of fused-ring (bicyclic) bond motifs is 1. The lowest BCUT2D eigenvalue weighted by Gasteiger charge is -2.47. The molecule has 6 aliphatic heterocycles. The molecule has 5 saturated heterocycles. The average Bonchev–Trinajstić information content (AvgIpc) is 3.71. The summed E-state index contributed by atoms with van der Waals surface area (Å²) in [6.07, 6.45) is 9.36. The van der Waals surface area contributed by atoms with Crippen LogP contribution in [0.4, 0.5) is 33.6 Å². The highest BCUT2D eigenvalue weighted by Gasteiger charge is 2.45. The van der Waals surface area contributed by atoms with Crippen LogP contribution < -0.4 is 31.1 Å². The first kappa shape index (κ1) is 38.2. The maximum Gasteiger partial charge on any atom is 0.320 e. The first-order chi connectivity index (χ1) is 28.5. The molecule has 18 heteroatoms. The summed E-state index contributed by atoms with van der Waals surface area (Å²) >= 11 is 0. The van der Waals surface area contributed by atoms with E-state index in [0.717, 1.165) is 87.7 Å². The third-order valence-electron chi connectivity index (χ3n) is 13.2. The van der Waals surface area contributed by atoms with Gasteiger partial charge in [-0.1, -0.05) is 0 Å². The summed E-state index contributed by atoms with van der Waals surface area (Å²) in [7, 11) is 1.82. The van der Waals surface area contributed by atoms with E-state index in [2.05, 4.69) is 30.3 Å². The van der Waals surface area contributed by atoms with Gasteiger partial charge in [-0.3, -0.25) is 34.2 Å². The second-order valence-corrected chi connectivity index (χ2v) is 16.6. The number of primary amides is 1. The van der Waals surface area contributed by atoms with Crippen LogP contribution in [0.1, 0.15) is 82.6 Å². The van der Waals surface area contributed by atoms with Gasteiger partial charge in [-0.2, -0.15) is 0 Å². The number of aromatic nitrogens is 3. The van der Waals surface area contributed by atoms with Gasteiger partial charge in [-0.15, -0.1) is 0 Å². The SMILES string of the molecule is CN1CCN([C@H]2CCCN(c3cnc(C(N)=O)c(Nc4ccc(N5CCC6(CCN(c7ccc8c(c7)C(=O)N(C7CCC(=O)NC7=O)C8=O)CC6)CC5)nc4)n3)C2)C1=O. The number of anilines is 5. The van der Waals surface area contributed by atoms with E-state index in [1.807, 2.05) is 30.1 Å². The lowest BCUT2D eigenvalue weighted by molar-refractivity contribution is -0.136. The fourth-order valence-corrected chi connectivity index (χ4v) is 9.61. The molecule has 308 valence electrons. The van der Waals surface area contributed by atoms with E-state index in [1.165, 1.54) is 0 Å². The Labute approximate surface area is 341 Å². The Morgan fingerprint density at radius 3 is 2.24 bits per heavy atom. The van der Waals surface area contributed by atoms with Crippen molar-refractivity contribution in [3.63, 3.8) is 0 Å². The van der Waals surface area contributed by atoms with Crippen molar-refractivity contribution in [2.24, 2.45) is 11.1 Å². The maximum absolute atomic E-state index is 13.4. The van der Waals surface area contributed by atoms with Crippen LogP contribution in [0.2, 0.25) is 0 Å². The number of likely N-dealkylation sites (N-methyl/N-ethyl adjacent to an activating group) is 1. The van der Waals surface area contributed by atoms with Crippen LogP contribution in [-0.4, -0.2) is 137 Å². The summed E-state index contributed by atoms with van der Waals surface area (Å²) < 4.78 is 0. The first-order valence-electron chi connectivity index (χ1n) is 20.5. The van der Waals surface area contributed by atoms with Gasteiger partial charge in [0.1, 0.15) is 17.7 Å². The van der Waals surface area contributed by atoms with Gasteiger partial charge in [0.2, 0.25) is 11.8 Å². The molecule has 2 atom stereocenters. The molecule has 9 rings (SSSR count). The number of pyridine rings is 1. The van der Waals surface area contributed by atoms with Crippen LogP contribution >= 0.6 is 0 Å². The minimum absolute atomic E-state index is 0.0336. The number of nitrogens with one attached hydrogen (secondary N) is 2. The lowest BCUT2D eigenvalue weighted by Crippen LogP contribution is -2.54. The molecule has 0 radical (unpaired) electrons. The van der Waals surface area contributed by atoms with Crippen LogP contribution in [0.25, 0.3) is 0 Å². The Hall–Kier alpha value is -6.33. The number of nitrogens with two attached hydrogens (primary N) is 1. The Balaban J connectivity index is 0.798. The maximum atomic E-state index is 13.4. The zero-order chi connectivity index (χ0) is 41.0. The van der Waals surface area contributed by atoms with Crippen LogP contribution in [0.3, 0.4) is 0 Å². The van der Waals surface area contributed by atoms with E-state index in [1.54, 1.807) is 29.4 Å². The number of imide groups is 2. The van der Waals surface area contributed by atoms with Crippen molar-refractivity contribution in [3.05, 3.63) is 59.5 Å². The minimum Gasteiger partial charge on any atom is -0.371 e. The van der Waals surface area contributed by atoms with Crippen molar-refractivity contribution in [2.75, 3.05) is 79.4 Å². The lowest BCUT2D eigenvalue weighted by atomic mass is 9.71. The zero-order valence-electron chi connectivity index (χ0n) is 33.1. The number of rotatable bonds is 8. The van der Waals surface area contributed by atoms with Gasteiger partial charge in [-0.05, 0) is 80.7 Å². The Morgan fingerprint density at radius 1 is 0.814 bits per heavy atom. The fourth-order valence-electron chi connectivity index (χ4n) is 9.61. The average molecular weight is 805 g/mol. The van der Waals surface area contributed by atoms with E-state index >= 15 is 0 Å². The number of hydrogen-bond donors (Lipinski definition) is 3. The second kappa shape index (κ2) is 15.1. The van der Waals surface area contributed by atoms with Crippen LogP contribution in [0, 0.1) is 5.41 Å². The molecule has 4 N–H and O–H groups in total. The van der Waals surface area contributed by atoms with E-state index in [-0.39, 0.29) is 47.4 Å². The first-order valence-corrected chi connectivity index (χ1v) is 20.5. The van der Waals surface area contributed by atoms with E-state index in [4.69, 9.17) is 15.7 Å². The topological polar surface area (TPSA) is 211 Å². The number of benzene rings is 1. The van der Waals surface area contributed by atoms with Gasteiger partial charge in [0.25, 0.3) is 17.7 Å². The zero-order valence-corrected chi connectivity index (χ0v) is 33.1. The van der Waals surface area contributed by atoms with Crippen molar-refractivity contribution < 1.29 is 28.8 Å². The number of carbonyl (C=O) groups is 6. The van der Waals surface area contributed by atoms with Gasteiger partial charge < -0.3 is 35.6 Å². The predicted molar refractivity (Wildman–Crippen MR) is 216 cm³/mol. The molecule has 1 unspecified atom stereocenters. The highest BCUT2D eigenvalue weighted by molar-refractivity contribution is 6.23. The van der Waals surface area contributed by atoms with Crippen molar-refractivity contribution in [1.29, 1.82) is 0 Å². The molecular formula is C41H48N12O6. The van der Waals surface area contributed by atoms with Gasteiger partial charge in [0, 0.05) is 71.5 Å². The summed E-state index contributed by atoms with van der Waals surface area (Å²) in [6, 6.07) is 8.34. The molecule has 6 aliphatic rings. The number of carbonyl (C=O) groups excluding carboxylic acids is 6. The van der Waals surface area contributed by atoms with E-state index < -0.39 is 35.6 Å². The molecule has 18 nitrogen and oxygen atoms in total. The van der Waals surface area contributed by atoms with Crippen molar-refractivity contribution in [1.82, 2.24) is 35.0 Å². The monoisotopic (exact) mass is 804 g/mol. The molecule has 1 spiro atoms. The number of amides is 7.